The fraction of sp³-hybridized carbons (Fsp3) is 0.500. The number of carbonyl (C=O) groups is 1. The number of nitrogens with zero attached hydrogens (tertiary/aromatic N) is 2. The fourth-order valence-electron chi connectivity index (χ4n) is 6.34. The number of carbonyl (C=O) groups excluding carboxylic acids is 1. The maximum Gasteiger partial charge on any atom is 0.286 e. The van der Waals surface area contributed by atoms with Crippen LogP contribution in [0.15, 0.2) is 66.1 Å². The predicted molar refractivity (Wildman–Crippen MR) is 178 cm³/mol. The first kappa shape index (κ1) is 33.2. The van der Waals surface area contributed by atoms with Gasteiger partial charge in [0.25, 0.3) is 5.91 Å². The Balaban J connectivity index is 1.75. The van der Waals surface area contributed by atoms with Crippen LogP contribution >= 0.6 is 11.6 Å². The summed E-state index contributed by atoms with van der Waals surface area (Å²) < 4.78 is 29.4. The van der Waals surface area contributed by atoms with Crippen molar-refractivity contribution in [2.45, 2.75) is 75.6 Å². The normalized spacial score (nSPS) is 21.3. The molecule has 2 aliphatic rings. The van der Waals surface area contributed by atoms with Gasteiger partial charge in [-0.3, -0.25) is 4.79 Å². The molecule has 0 radical (unpaired) electrons. The van der Waals surface area contributed by atoms with Crippen molar-refractivity contribution in [1.82, 2.24) is 0 Å². The highest BCUT2D eigenvalue weighted by Crippen LogP contribution is 2.45. The molecule has 0 aromatic heterocycles. The molecule has 1 aliphatic heterocycles. The van der Waals surface area contributed by atoms with Gasteiger partial charge in [-0.05, 0) is 92.8 Å². The van der Waals surface area contributed by atoms with Crippen LogP contribution < -0.4 is 14.8 Å². The van der Waals surface area contributed by atoms with Crippen molar-refractivity contribution in [1.29, 1.82) is 0 Å². The molecule has 9 heteroatoms. The molecule has 2 aromatic carbocycles. The van der Waals surface area contributed by atoms with Crippen LogP contribution in [0.1, 0.15) is 73.9 Å². The van der Waals surface area contributed by atoms with Crippen molar-refractivity contribution in [3.05, 3.63) is 83.4 Å². The second-order valence-corrected chi connectivity index (χ2v) is 14.6. The lowest BCUT2D eigenvalue weighted by Gasteiger charge is -2.41. The molecular weight excluding hydrogens is 582 g/mol. The van der Waals surface area contributed by atoms with Crippen molar-refractivity contribution in [2.24, 2.45) is 15.4 Å². The maximum absolute atomic E-state index is 13.4. The number of hydrogen-bond acceptors (Lipinski definition) is 5. The van der Waals surface area contributed by atoms with Gasteiger partial charge in [0, 0.05) is 36.2 Å². The zero-order valence-corrected chi connectivity index (χ0v) is 27.3. The molecule has 43 heavy (non-hydrogen) atoms. The number of anilines is 1. The molecule has 5 atom stereocenters. The fourth-order valence-corrected chi connectivity index (χ4v) is 7.55. The van der Waals surface area contributed by atoms with E-state index in [1.807, 2.05) is 24.3 Å². The summed E-state index contributed by atoms with van der Waals surface area (Å²) in [6.45, 7) is 13.6. The van der Waals surface area contributed by atoms with Gasteiger partial charge in [0.2, 0.25) is 0 Å². The van der Waals surface area contributed by atoms with Crippen LogP contribution in [0, 0.1) is 5.92 Å². The number of ether oxygens (including phenoxy) is 2. The summed E-state index contributed by atoms with van der Waals surface area (Å²) in [6.07, 6.45) is 9.52. The highest BCUT2D eigenvalue weighted by atomic mass is 35.5. The summed E-state index contributed by atoms with van der Waals surface area (Å²) >= 11 is 6.40. The van der Waals surface area contributed by atoms with Crippen molar-refractivity contribution in [3.63, 3.8) is 0 Å². The number of allylic oxidation sites excluding steroid dienone is 1. The van der Waals surface area contributed by atoms with Crippen LogP contribution in [-0.2, 0) is 26.5 Å². The molecule has 0 bridgehead atoms. The Morgan fingerprint density at radius 3 is 2.79 bits per heavy atom. The van der Waals surface area contributed by atoms with Crippen molar-refractivity contribution in [2.75, 3.05) is 31.7 Å². The zero-order valence-electron chi connectivity index (χ0n) is 25.7. The van der Waals surface area contributed by atoms with Crippen LogP contribution in [0.25, 0.3) is 0 Å². The average molecular weight is 628 g/mol. The first-order valence-corrected chi connectivity index (χ1v) is 17.2. The number of amides is 1. The number of fused-ring (bicyclic) bond motifs is 3. The third-order valence-electron chi connectivity index (χ3n) is 9.05. The Morgan fingerprint density at radius 2 is 2.09 bits per heavy atom. The third kappa shape index (κ3) is 7.72. The first-order valence-electron chi connectivity index (χ1n) is 15.2. The largest absolute Gasteiger partial charge is 0.490 e. The van der Waals surface area contributed by atoms with E-state index < -0.39 is 21.1 Å². The van der Waals surface area contributed by atoms with Crippen molar-refractivity contribution in [3.8, 4) is 5.75 Å². The number of nitrogens with two attached hydrogens (primary N) is 1. The second-order valence-electron chi connectivity index (χ2n) is 12.0. The van der Waals surface area contributed by atoms with E-state index in [4.69, 9.17) is 26.2 Å². The molecule has 1 spiro atoms. The van der Waals surface area contributed by atoms with E-state index in [0.29, 0.717) is 36.7 Å². The summed E-state index contributed by atoms with van der Waals surface area (Å²) in [6, 6.07) is 11.6. The molecule has 2 N–H and O–H groups in total. The van der Waals surface area contributed by atoms with Crippen molar-refractivity contribution >= 4 is 33.1 Å². The van der Waals surface area contributed by atoms with E-state index in [9.17, 15) is 9.00 Å². The van der Waals surface area contributed by atoms with Gasteiger partial charge in [-0.1, -0.05) is 43.2 Å². The van der Waals surface area contributed by atoms with Gasteiger partial charge >= 0.3 is 0 Å². The third-order valence-corrected chi connectivity index (χ3v) is 11.1. The number of benzene rings is 2. The van der Waals surface area contributed by atoms with E-state index in [1.54, 1.807) is 26.2 Å². The summed E-state index contributed by atoms with van der Waals surface area (Å²) in [5.41, 5.74) is 3.47. The number of halogens is 1. The molecule has 7 nitrogen and oxygen atoms in total. The summed E-state index contributed by atoms with van der Waals surface area (Å²) in [5, 5.41) is 6.38. The van der Waals surface area contributed by atoms with E-state index in [2.05, 4.69) is 41.5 Å². The molecule has 1 heterocycles. The number of rotatable bonds is 12. The highest BCUT2D eigenvalue weighted by molar-refractivity contribution is 7.92. The van der Waals surface area contributed by atoms with Crippen molar-refractivity contribution < 1.29 is 18.5 Å². The SMILES string of the molecule is C=CCC[C@@H](C)S(N)(=O)=NC(=O)c1ccc2c(c1)N(C[C@H](CC)C[C@H](C=C)OC)C[C@@]1(CCCc3cc(Cl)ccc31)CO2. The summed E-state index contributed by atoms with van der Waals surface area (Å²) in [5.74, 6) is 0.427. The lowest BCUT2D eigenvalue weighted by molar-refractivity contribution is 0.100. The van der Waals surface area contributed by atoms with Gasteiger partial charge < -0.3 is 14.4 Å². The molecule has 1 amide bonds. The monoisotopic (exact) mass is 627 g/mol. The Hall–Kier alpha value is -2.65. The lowest BCUT2D eigenvalue weighted by atomic mass is 9.70. The van der Waals surface area contributed by atoms with E-state index in [-0.39, 0.29) is 11.5 Å². The Kier molecular flexibility index (Phi) is 11.1. The zero-order chi connectivity index (χ0) is 31.2. The van der Waals surface area contributed by atoms with Gasteiger partial charge in [0.1, 0.15) is 15.7 Å². The smallest absolute Gasteiger partial charge is 0.286 e. The van der Waals surface area contributed by atoms with Crippen LogP contribution in [0.4, 0.5) is 5.69 Å². The van der Waals surface area contributed by atoms with Crippen LogP contribution in [0.3, 0.4) is 0 Å². The minimum Gasteiger partial charge on any atom is -0.490 e. The topological polar surface area (TPSA) is 94.2 Å². The van der Waals surface area contributed by atoms with E-state index >= 15 is 0 Å². The predicted octanol–water partition coefficient (Wildman–Crippen LogP) is 7.27. The van der Waals surface area contributed by atoms with Gasteiger partial charge in [-0.25, -0.2) is 9.35 Å². The molecule has 0 saturated carbocycles. The molecule has 1 unspecified atom stereocenters. The molecule has 2 aromatic rings. The first-order chi connectivity index (χ1) is 20.6. The van der Waals surface area contributed by atoms with Gasteiger partial charge in [0.15, 0.2) is 0 Å². The standard InChI is InChI=1S/C34H46ClN3O4S/c1-6-9-11-24(4)43(36,40)37-33(39)27-13-16-32-31(20-27)38(21-25(7-2)18-29(8-3)41-5)22-34(23-42-32)17-10-12-26-19-28(35)14-15-30(26)34/h6,8,13-16,19-20,24-25,29H,1,3,7,9-12,17-18,21-23H2,2,4-5H3,(H2,36,37,39,40)/t24-,25-,29+,34+,43?/m1/s1. The van der Waals surface area contributed by atoms with Gasteiger partial charge in [-0.15, -0.1) is 17.5 Å². The summed E-state index contributed by atoms with van der Waals surface area (Å²) in [4.78, 5) is 15.7. The minimum atomic E-state index is -3.22. The van der Waals surface area contributed by atoms with Crippen LogP contribution in [0.2, 0.25) is 5.02 Å². The average Bonchev–Trinajstić information content (AvgIpc) is 3.14. The molecule has 4 rings (SSSR count). The van der Waals surface area contributed by atoms with Crippen LogP contribution in [-0.4, -0.2) is 48.3 Å². The van der Waals surface area contributed by atoms with E-state index in [0.717, 1.165) is 55.9 Å². The maximum atomic E-state index is 13.4. The molecule has 234 valence electrons. The van der Waals surface area contributed by atoms with Crippen LogP contribution in [0.5, 0.6) is 5.75 Å². The molecule has 0 saturated heterocycles. The highest BCUT2D eigenvalue weighted by Gasteiger charge is 2.42. The number of hydrogen-bond donors (Lipinski definition) is 1. The molecule has 0 fully saturated rings. The van der Waals surface area contributed by atoms with E-state index in [1.165, 1.54) is 11.1 Å². The second kappa shape index (κ2) is 14.4. The Morgan fingerprint density at radius 1 is 1.30 bits per heavy atom. The van der Waals surface area contributed by atoms with Gasteiger partial charge in [0.05, 0.1) is 23.6 Å². The quantitative estimate of drug-likeness (QED) is 0.250. The Labute approximate surface area is 262 Å². The summed E-state index contributed by atoms with van der Waals surface area (Å²) in [7, 11) is -1.51. The molecular formula is C34H46ClN3O4S. The minimum absolute atomic E-state index is 0.0494. The van der Waals surface area contributed by atoms with Gasteiger partial charge in [-0.2, -0.15) is 0 Å². The number of methoxy groups -OCH3 is 1. The Bertz CT molecular complexity index is 1450. The lowest BCUT2D eigenvalue weighted by Crippen LogP contribution is -2.47. The molecule has 1 aliphatic carbocycles. The number of aryl methyl sites for hydroxylation is 1.